The molecule has 3 heterocycles. The molecule has 3 rings (SSSR count). The van der Waals surface area contributed by atoms with Crippen LogP contribution in [0.4, 0.5) is 0 Å². The Morgan fingerprint density at radius 2 is 2.17 bits per heavy atom. The van der Waals surface area contributed by atoms with E-state index in [0.29, 0.717) is 0 Å². The molecule has 0 aliphatic carbocycles. The summed E-state index contributed by atoms with van der Waals surface area (Å²) >= 11 is 0. The Morgan fingerprint density at radius 3 is 2.87 bits per heavy atom. The van der Waals surface area contributed by atoms with Crippen molar-refractivity contribution < 1.29 is 4.74 Å². The zero-order valence-electron chi connectivity index (χ0n) is 13.9. The highest BCUT2D eigenvalue weighted by Crippen LogP contribution is 2.27. The van der Waals surface area contributed by atoms with Crippen LogP contribution >= 0.6 is 0 Å². The van der Waals surface area contributed by atoms with E-state index in [1.807, 2.05) is 19.6 Å². The lowest BCUT2D eigenvalue weighted by Crippen LogP contribution is -2.48. The Morgan fingerprint density at radius 1 is 1.30 bits per heavy atom. The zero-order chi connectivity index (χ0) is 16.2. The third-order valence-corrected chi connectivity index (χ3v) is 4.41. The van der Waals surface area contributed by atoms with Crippen molar-refractivity contribution in [2.24, 2.45) is 7.05 Å². The van der Waals surface area contributed by atoms with E-state index in [9.17, 15) is 0 Å². The first kappa shape index (κ1) is 16.0. The van der Waals surface area contributed by atoms with Gasteiger partial charge >= 0.3 is 0 Å². The predicted octanol–water partition coefficient (Wildman–Crippen LogP) is 0.933. The smallest absolute Gasteiger partial charge is 0.0946 e. The summed E-state index contributed by atoms with van der Waals surface area (Å²) in [7, 11) is 4.16. The molecule has 2 aromatic heterocycles. The van der Waals surface area contributed by atoms with Crippen LogP contribution in [0.15, 0.2) is 31.1 Å². The molecule has 1 aliphatic heterocycles. The van der Waals surface area contributed by atoms with Gasteiger partial charge in [-0.2, -0.15) is 0 Å². The second-order valence-electron chi connectivity index (χ2n) is 6.02. The molecule has 0 radical (unpaired) electrons. The van der Waals surface area contributed by atoms with Crippen LogP contribution in [0.2, 0.25) is 0 Å². The quantitative estimate of drug-likeness (QED) is 0.885. The van der Waals surface area contributed by atoms with E-state index in [4.69, 9.17) is 4.74 Å². The van der Waals surface area contributed by atoms with Crippen molar-refractivity contribution in [1.29, 1.82) is 0 Å². The van der Waals surface area contributed by atoms with Gasteiger partial charge in [-0.3, -0.25) is 14.9 Å². The molecule has 0 amide bonds. The predicted molar refractivity (Wildman–Crippen MR) is 86.8 cm³/mol. The van der Waals surface area contributed by atoms with Crippen LogP contribution in [0.3, 0.4) is 0 Å². The van der Waals surface area contributed by atoms with Gasteiger partial charge in [0.25, 0.3) is 0 Å². The van der Waals surface area contributed by atoms with Crippen LogP contribution in [-0.2, 0) is 11.8 Å². The van der Waals surface area contributed by atoms with Gasteiger partial charge < -0.3 is 14.6 Å². The Kier molecular flexibility index (Phi) is 5.00. The second-order valence-corrected chi connectivity index (χ2v) is 6.02. The number of likely N-dealkylation sites (N-methyl/N-ethyl adjacent to an activating group) is 1. The Balaban J connectivity index is 1.69. The third-order valence-electron chi connectivity index (χ3n) is 4.41. The Hall–Kier alpha value is -1.83. The lowest BCUT2D eigenvalue weighted by Gasteiger charge is -2.39. The van der Waals surface area contributed by atoms with Crippen molar-refractivity contribution >= 4 is 0 Å². The molecular weight excluding hydrogens is 292 g/mol. The molecule has 0 spiro atoms. The summed E-state index contributed by atoms with van der Waals surface area (Å²) in [6, 6.07) is 0.324. The van der Waals surface area contributed by atoms with Gasteiger partial charge in [0.2, 0.25) is 0 Å². The van der Waals surface area contributed by atoms with E-state index in [2.05, 4.69) is 43.7 Å². The average molecular weight is 316 g/mol. The first-order chi connectivity index (χ1) is 11.2. The van der Waals surface area contributed by atoms with Gasteiger partial charge in [-0.25, -0.2) is 4.98 Å². The minimum Gasteiger partial charge on any atom is -0.374 e. The average Bonchev–Trinajstić information content (AvgIpc) is 2.99. The van der Waals surface area contributed by atoms with Crippen molar-refractivity contribution in [3.05, 3.63) is 42.5 Å². The van der Waals surface area contributed by atoms with Gasteiger partial charge in [-0.15, -0.1) is 0 Å². The fourth-order valence-electron chi connectivity index (χ4n) is 3.03. The number of imidazole rings is 1. The summed E-state index contributed by atoms with van der Waals surface area (Å²) < 4.78 is 8.11. The SMILES string of the molecule is CC(NC[C@@H]1OCCN(C)[C@H]1c1cncn1C)c1cnccn1. The van der Waals surface area contributed by atoms with Gasteiger partial charge in [0, 0.05) is 51.0 Å². The van der Waals surface area contributed by atoms with E-state index in [-0.39, 0.29) is 18.2 Å². The van der Waals surface area contributed by atoms with E-state index >= 15 is 0 Å². The number of nitrogens with one attached hydrogen (secondary N) is 1. The van der Waals surface area contributed by atoms with Gasteiger partial charge in [-0.05, 0) is 14.0 Å². The lowest BCUT2D eigenvalue weighted by atomic mass is 10.0. The summed E-state index contributed by atoms with van der Waals surface area (Å²) in [5, 5.41) is 3.52. The Bertz CT molecular complexity index is 616. The minimum atomic E-state index is 0.0725. The van der Waals surface area contributed by atoms with Crippen LogP contribution in [-0.4, -0.2) is 57.3 Å². The molecule has 7 heteroatoms. The van der Waals surface area contributed by atoms with Crippen molar-refractivity contribution in [1.82, 2.24) is 29.7 Å². The monoisotopic (exact) mass is 316 g/mol. The number of morpholine rings is 1. The van der Waals surface area contributed by atoms with Crippen molar-refractivity contribution in [3.8, 4) is 0 Å². The summed E-state index contributed by atoms with van der Waals surface area (Å²) in [4.78, 5) is 15.1. The molecule has 0 aromatic carbocycles. The number of aryl methyl sites for hydroxylation is 1. The number of nitrogens with zero attached hydrogens (tertiary/aromatic N) is 5. The molecule has 0 saturated carbocycles. The van der Waals surface area contributed by atoms with Gasteiger partial charge in [0.1, 0.15) is 0 Å². The van der Waals surface area contributed by atoms with E-state index in [0.717, 1.165) is 25.4 Å². The topological polar surface area (TPSA) is 68.1 Å². The highest BCUT2D eigenvalue weighted by molar-refractivity contribution is 5.09. The van der Waals surface area contributed by atoms with Crippen LogP contribution in [0.5, 0.6) is 0 Å². The molecule has 1 N–H and O–H groups in total. The number of ether oxygens (including phenoxy) is 1. The minimum absolute atomic E-state index is 0.0725. The molecule has 1 saturated heterocycles. The maximum absolute atomic E-state index is 6.04. The molecule has 0 bridgehead atoms. The van der Waals surface area contributed by atoms with E-state index < -0.39 is 0 Å². The fourth-order valence-corrected chi connectivity index (χ4v) is 3.03. The van der Waals surface area contributed by atoms with Crippen molar-refractivity contribution in [3.63, 3.8) is 0 Å². The fraction of sp³-hybridized carbons (Fsp3) is 0.562. The van der Waals surface area contributed by atoms with Crippen LogP contribution in [0.1, 0.15) is 30.4 Å². The van der Waals surface area contributed by atoms with Gasteiger partial charge in [0.15, 0.2) is 0 Å². The van der Waals surface area contributed by atoms with Crippen molar-refractivity contribution in [2.75, 3.05) is 26.7 Å². The lowest BCUT2D eigenvalue weighted by molar-refractivity contribution is -0.0643. The molecule has 2 aromatic rings. The molecule has 124 valence electrons. The van der Waals surface area contributed by atoms with Crippen LogP contribution < -0.4 is 5.32 Å². The summed E-state index contributed by atoms with van der Waals surface area (Å²) in [5.74, 6) is 0. The number of rotatable bonds is 5. The maximum Gasteiger partial charge on any atom is 0.0946 e. The number of hydrogen-bond donors (Lipinski definition) is 1. The molecule has 1 fully saturated rings. The third kappa shape index (κ3) is 3.57. The first-order valence-corrected chi connectivity index (χ1v) is 7.94. The van der Waals surface area contributed by atoms with Crippen LogP contribution in [0, 0.1) is 0 Å². The molecule has 1 aliphatic rings. The van der Waals surface area contributed by atoms with Crippen LogP contribution in [0.25, 0.3) is 0 Å². The maximum atomic E-state index is 6.04. The standard InChI is InChI=1S/C16H24N6O/c1-12(13-8-17-4-5-19-13)20-10-15-16(21(2)6-7-23-15)14-9-18-11-22(14)3/h4-5,8-9,11-12,15-16,20H,6-7,10H2,1-3H3/t12?,15-,16-/m0/s1. The summed E-state index contributed by atoms with van der Waals surface area (Å²) in [6.45, 7) is 4.51. The highest BCUT2D eigenvalue weighted by atomic mass is 16.5. The number of hydrogen-bond acceptors (Lipinski definition) is 6. The summed E-state index contributed by atoms with van der Waals surface area (Å²) in [5.41, 5.74) is 2.11. The van der Waals surface area contributed by atoms with E-state index in [1.165, 1.54) is 5.69 Å². The first-order valence-electron chi connectivity index (χ1n) is 7.94. The normalized spacial score (nSPS) is 23.8. The van der Waals surface area contributed by atoms with Gasteiger partial charge in [0.05, 0.1) is 36.5 Å². The molecule has 23 heavy (non-hydrogen) atoms. The molecular formula is C16H24N6O. The highest BCUT2D eigenvalue weighted by Gasteiger charge is 2.33. The number of aromatic nitrogens is 4. The Labute approximate surface area is 136 Å². The second kappa shape index (κ2) is 7.16. The molecule has 7 nitrogen and oxygen atoms in total. The zero-order valence-corrected chi connectivity index (χ0v) is 13.9. The van der Waals surface area contributed by atoms with Crippen molar-refractivity contribution in [2.45, 2.75) is 25.1 Å². The van der Waals surface area contributed by atoms with E-state index in [1.54, 1.807) is 18.6 Å². The molecule has 3 atom stereocenters. The largest absolute Gasteiger partial charge is 0.374 e. The summed E-state index contributed by atoms with van der Waals surface area (Å²) in [6.07, 6.45) is 9.04. The van der Waals surface area contributed by atoms with Gasteiger partial charge in [-0.1, -0.05) is 0 Å². The molecule has 1 unspecified atom stereocenters.